The molecule has 9 nitrogen and oxygen atoms in total. The van der Waals surface area contributed by atoms with Crippen LogP contribution in [-0.2, 0) is 26.1 Å². The minimum Gasteiger partial charge on any atom is -0.497 e. The molecule has 32 heavy (non-hydrogen) atoms. The van der Waals surface area contributed by atoms with Gasteiger partial charge in [-0.2, -0.15) is 0 Å². The first-order chi connectivity index (χ1) is 15.3. The summed E-state index contributed by atoms with van der Waals surface area (Å²) < 4.78 is 43.4. The highest BCUT2D eigenvalue weighted by Gasteiger charge is 2.22. The third kappa shape index (κ3) is 5.90. The number of sulfonamides is 1. The Morgan fingerprint density at radius 1 is 1.09 bits per heavy atom. The first-order valence-electron chi connectivity index (χ1n) is 10.2. The molecule has 10 heteroatoms. The number of ether oxygens (including phenoxy) is 3. The fourth-order valence-corrected chi connectivity index (χ4v) is 4.52. The second kappa shape index (κ2) is 10.7. The normalized spacial score (nSPS) is 14.2. The zero-order valence-corrected chi connectivity index (χ0v) is 19.4. The average molecular weight is 464 g/mol. The second-order valence-electron chi connectivity index (χ2n) is 7.36. The van der Waals surface area contributed by atoms with Gasteiger partial charge in [0.05, 0.1) is 34.0 Å². The lowest BCUT2D eigenvalue weighted by Gasteiger charge is -2.29. The number of amides is 1. The van der Waals surface area contributed by atoms with Crippen molar-refractivity contribution in [3.05, 3.63) is 48.0 Å². The van der Waals surface area contributed by atoms with E-state index in [1.165, 1.54) is 31.3 Å². The summed E-state index contributed by atoms with van der Waals surface area (Å²) in [7, 11) is 0.485. The predicted octanol–water partition coefficient (Wildman–Crippen LogP) is 1.48. The molecule has 0 saturated carbocycles. The Morgan fingerprint density at radius 2 is 1.78 bits per heavy atom. The van der Waals surface area contributed by atoms with E-state index < -0.39 is 10.0 Å². The van der Waals surface area contributed by atoms with Gasteiger partial charge in [0.15, 0.2) is 0 Å². The lowest BCUT2D eigenvalue weighted by molar-refractivity contribution is -0.129. The summed E-state index contributed by atoms with van der Waals surface area (Å²) in [5, 5.41) is 0. The van der Waals surface area contributed by atoms with Crippen LogP contribution >= 0.6 is 0 Å². The predicted molar refractivity (Wildman–Crippen MR) is 121 cm³/mol. The van der Waals surface area contributed by atoms with E-state index in [1.807, 2.05) is 24.3 Å². The van der Waals surface area contributed by atoms with Crippen molar-refractivity contribution in [3.63, 3.8) is 0 Å². The van der Waals surface area contributed by atoms with Gasteiger partial charge in [0.2, 0.25) is 15.9 Å². The monoisotopic (exact) mass is 463 g/mol. The van der Waals surface area contributed by atoms with Gasteiger partial charge in [0.1, 0.15) is 16.4 Å². The summed E-state index contributed by atoms with van der Waals surface area (Å²) in [5.41, 5.74) is 2.07. The largest absolute Gasteiger partial charge is 0.497 e. The van der Waals surface area contributed by atoms with Gasteiger partial charge in [0.25, 0.3) is 0 Å². The highest BCUT2D eigenvalue weighted by atomic mass is 32.2. The molecule has 174 valence electrons. The Bertz CT molecular complexity index is 1020. The van der Waals surface area contributed by atoms with Gasteiger partial charge in [-0.15, -0.1) is 0 Å². The van der Waals surface area contributed by atoms with Crippen LogP contribution in [0.3, 0.4) is 0 Å². The van der Waals surface area contributed by atoms with Crippen LogP contribution in [0, 0.1) is 0 Å². The zero-order chi connectivity index (χ0) is 23.1. The molecule has 1 fully saturated rings. The van der Waals surface area contributed by atoms with E-state index in [1.54, 1.807) is 13.1 Å². The number of hydrogen-bond donors (Lipinski definition) is 1. The number of benzene rings is 2. The molecule has 0 aliphatic carbocycles. The number of nitrogens with one attached hydrogen (secondary N) is 1. The first kappa shape index (κ1) is 23.8. The molecular weight excluding hydrogens is 434 g/mol. The maximum atomic E-state index is 12.7. The molecule has 1 N–H and O–H groups in total. The number of likely N-dealkylation sites (N-methyl/N-ethyl adjacent to an activating group) is 1. The smallest absolute Gasteiger partial charge is 0.244 e. The van der Waals surface area contributed by atoms with Crippen molar-refractivity contribution in [1.82, 2.24) is 9.62 Å². The molecule has 2 aromatic carbocycles. The molecule has 0 unspecified atom stereocenters. The van der Waals surface area contributed by atoms with Crippen LogP contribution in [0.1, 0.15) is 5.56 Å². The van der Waals surface area contributed by atoms with Crippen LogP contribution in [0.15, 0.2) is 47.4 Å². The molecule has 0 aromatic heterocycles. The van der Waals surface area contributed by atoms with Crippen LogP contribution in [0.25, 0.3) is 0 Å². The summed E-state index contributed by atoms with van der Waals surface area (Å²) in [5.74, 6) is 0.183. The molecule has 0 radical (unpaired) electrons. The second-order valence-corrected chi connectivity index (χ2v) is 9.09. The lowest BCUT2D eigenvalue weighted by Crippen LogP contribution is -2.38. The summed E-state index contributed by atoms with van der Waals surface area (Å²) >= 11 is 0. The number of carbonyl (C=O) groups excluding carboxylic acids is 1. The number of methoxy groups -OCH3 is 2. The van der Waals surface area contributed by atoms with Crippen LogP contribution in [-0.4, -0.2) is 73.3 Å². The molecule has 1 aliphatic heterocycles. The van der Waals surface area contributed by atoms with E-state index in [0.29, 0.717) is 12.3 Å². The van der Waals surface area contributed by atoms with Crippen molar-refractivity contribution in [2.75, 3.05) is 59.0 Å². The molecule has 1 heterocycles. The Morgan fingerprint density at radius 3 is 2.41 bits per heavy atom. The van der Waals surface area contributed by atoms with E-state index in [0.717, 1.165) is 37.6 Å². The minimum absolute atomic E-state index is 0.0893. The van der Waals surface area contributed by atoms with Gasteiger partial charge in [0, 0.05) is 38.4 Å². The molecular formula is C22H29N3O6S. The minimum atomic E-state index is -3.97. The number of nitrogens with zero attached hydrogens (tertiary/aromatic N) is 2. The van der Waals surface area contributed by atoms with Crippen molar-refractivity contribution in [2.45, 2.75) is 11.4 Å². The topological polar surface area (TPSA) is 97.4 Å². The molecule has 0 bridgehead atoms. The van der Waals surface area contributed by atoms with E-state index in [-0.39, 0.29) is 23.1 Å². The standard InChI is InChI=1S/C22H29N3O6S/c1-24(16-17-4-6-18(7-5-17)25-10-12-31-13-11-25)22(26)15-23-32(27,28)21-14-19(29-2)8-9-20(21)30-3/h4-9,14,23H,10-13,15-16H2,1-3H3. The number of anilines is 1. The van der Waals surface area contributed by atoms with E-state index in [2.05, 4.69) is 9.62 Å². The van der Waals surface area contributed by atoms with Crippen molar-refractivity contribution in [2.24, 2.45) is 0 Å². The quantitative estimate of drug-likeness (QED) is 0.602. The number of rotatable bonds is 9. The maximum absolute atomic E-state index is 12.7. The SMILES string of the molecule is COc1ccc(OC)c(S(=O)(=O)NCC(=O)N(C)Cc2ccc(N3CCOCC3)cc2)c1. The van der Waals surface area contributed by atoms with Gasteiger partial charge in [-0.05, 0) is 29.8 Å². The van der Waals surface area contributed by atoms with Gasteiger partial charge >= 0.3 is 0 Å². The van der Waals surface area contributed by atoms with Gasteiger partial charge in [-0.3, -0.25) is 4.79 Å². The fourth-order valence-electron chi connectivity index (χ4n) is 3.36. The molecule has 0 atom stereocenters. The summed E-state index contributed by atoms with van der Waals surface area (Å²) in [6, 6.07) is 12.4. The third-order valence-electron chi connectivity index (χ3n) is 5.23. The molecule has 3 rings (SSSR count). The van der Waals surface area contributed by atoms with Crippen molar-refractivity contribution in [3.8, 4) is 11.5 Å². The number of hydrogen-bond acceptors (Lipinski definition) is 7. The number of morpholine rings is 1. The molecule has 0 spiro atoms. The maximum Gasteiger partial charge on any atom is 0.244 e. The van der Waals surface area contributed by atoms with E-state index >= 15 is 0 Å². The Labute approximate surface area is 188 Å². The Balaban J connectivity index is 1.58. The van der Waals surface area contributed by atoms with Gasteiger partial charge in [-0.1, -0.05) is 12.1 Å². The summed E-state index contributed by atoms with van der Waals surface area (Å²) in [6.07, 6.45) is 0. The highest BCUT2D eigenvalue weighted by Crippen LogP contribution is 2.28. The van der Waals surface area contributed by atoms with Crippen LogP contribution in [0.2, 0.25) is 0 Å². The zero-order valence-electron chi connectivity index (χ0n) is 18.5. The molecule has 2 aromatic rings. The van der Waals surface area contributed by atoms with Gasteiger partial charge < -0.3 is 24.0 Å². The van der Waals surface area contributed by atoms with Crippen molar-refractivity contribution in [1.29, 1.82) is 0 Å². The molecule has 1 amide bonds. The summed E-state index contributed by atoms with van der Waals surface area (Å²) in [4.78, 5) is 16.2. The van der Waals surface area contributed by atoms with Crippen LogP contribution < -0.4 is 19.1 Å². The van der Waals surface area contributed by atoms with Crippen LogP contribution in [0.4, 0.5) is 5.69 Å². The third-order valence-corrected chi connectivity index (χ3v) is 6.65. The molecule has 1 aliphatic rings. The van der Waals surface area contributed by atoms with E-state index in [9.17, 15) is 13.2 Å². The Hall–Kier alpha value is -2.82. The van der Waals surface area contributed by atoms with Crippen LogP contribution in [0.5, 0.6) is 11.5 Å². The summed E-state index contributed by atoms with van der Waals surface area (Å²) in [6.45, 7) is 3.15. The highest BCUT2D eigenvalue weighted by molar-refractivity contribution is 7.89. The van der Waals surface area contributed by atoms with Gasteiger partial charge in [-0.25, -0.2) is 13.1 Å². The lowest BCUT2D eigenvalue weighted by atomic mass is 10.1. The molecule has 1 saturated heterocycles. The first-order valence-corrected chi connectivity index (χ1v) is 11.7. The fraction of sp³-hybridized carbons (Fsp3) is 0.409. The van der Waals surface area contributed by atoms with Crippen molar-refractivity contribution >= 4 is 21.6 Å². The number of carbonyl (C=O) groups is 1. The van der Waals surface area contributed by atoms with E-state index in [4.69, 9.17) is 14.2 Å². The Kier molecular flexibility index (Phi) is 7.94. The van der Waals surface area contributed by atoms with Crippen molar-refractivity contribution < 1.29 is 27.4 Å². The average Bonchev–Trinajstić information content (AvgIpc) is 2.83.